The number of carbonyl (C=O) groups is 1. The van der Waals surface area contributed by atoms with Crippen molar-refractivity contribution in [2.45, 2.75) is 13.0 Å². The van der Waals surface area contributed by atoms with E-state index in [1.54, 1.807) is 11.0 Å². The van der Waals surface area contributed by atoms with Crippen LogP contribution in [0.3, 0.4) is 0 Å². The normalized spacial score (nSPS) is 10.6. The maximum atomic E-state index is 11.9. The predicted octanol–water partition coefficient (Wildman–Crippen LogP) is 3.08. The summed E-state index contributed by atoms with van der Waals surface area (Å²) in [5.74, 6) is -0.115. The zero-order valence-corrected chi connectivity index (χ0v) is 13.0. The second-order valence-electron chi connectivity index (χ2n) is 4.47. The fourth-order valence-electron chi connectivity index (χ4n) is 1.87. The number of hydrogen-bond acceptors (Lipinski definition) is 5. The second kappa shape index (κ2) is 6.67. The average molecular weight is 334 g/mol. The molecule has 0 saturated heterocycles. The van der Waals surface area contributed by atoms with Gasteiger partial charge in [0, 0.05) is 22.4 Å². The summed E-state index contributed by atoms with van der Waals surface area (Å²) in [5.41, 5.74) is 1.60. The van der Waals surface area contributed by atoms with Gasteiger partial charge in [-0.2, -0.15) is 5.10 Å². The van der Waals surface area contributed by atoms with Crippen LogP contribution in [0.4, 0.5) is 5.13 Å². The van der Waals surface area contributed by atoms with Crippen LogP contribution >= 0.6 is 22.9 Å². The molecular weight excluding hydrogens is 322 g/mol. The van der Waals surface area contributed by atoms with Crippen molar-refractivity contribution in [3.8, 4) is 11.3 Å². The van der Waals surface area contributed by atoms with Crippen molar-refractivity contribution in [3.63, 3.8) is 0 Å². The second-order valence-corrected chi connectivity index (χ2v) is 5.74. The highest BCUT2D eigenvalue weighted by Crippen LogP contribution is 2.30. The molecule has 2 aromatic heterocycles. The Bertz CT molecular complexity index is 771. The van der Waals surface area contributed by atoms with Crippen molar-refractivity contribution in [2.75, 3.05) is 5.32 Å². The van der Waals surface area contributed by atoms with Gasteiger partial charge in [0.1, 0.15) is 12.7 Å². The molecule has 0 saturated carbocycles. The number of rotatable bonds is 5. The van der Waals surface area contributed by atoms with E-state index in [2.05, 4.69) is 20.4 Å². The van der Waals surface area contributed by atoms with E-state index in [1.165, 1.54) is 17.7 Å². The van der Waals surface area contributed by atoms with Gasteiger partial charge in [-0.15, -0.1) is 11.3 Å². The van der Waals surface area contributed by atoms with Crippen molar-refractivity contribution in [1.82, 2.24) is 19.7 Å². The number of anilines is 1. The fraction of sp³-hybridized carbons (Fsp3) is 0.143. The van der Waals surface area contributed by atoms with E-state index in [0.29, 0.717) is 23.1 Å². The van der Waals surface area contributed by atoms with Crippen LogP contribution in [0.5, 0.6) is 0 Å². The first-order valence-corrected chi connectivity index (χ1v) is 7.81. The van der Waals surface area contributed by atoms with E-state index >= 15 is 0 Å². The monoisotopic (exact) mass is 333 g/mol. The maximum absolute atomic E-state index is 11.9. The Kier molecular flexibility index (Phi) is 4.45. The highest BCUT2D eigenvalue weighted by Gasteiger charge is 2.10. The molecule has 0 aliphatic heterocycles. The van der Waals surface area contributed by atoms with Crippen molar-refractivity contribution >= 4 is 34.0 Å². The van der Waals surface area contributed by atoms with Crippen LogP contribution in [0.1, 0.15) is 6.42 Å². The molecule has 0 fully saturated rings. The average Bonchev–Trinajstić information content (AvgIpc) is 3.17. The maximum Gasteiger partial charge on any atom is 0.228 e. The standard InChI is InChI=1S/C14H12ClN5OS/c15-11-4-2-1-3-10(11)12-7-22-14(18-12)19-13(21)5-6-20-9-16-8-17-20/h1-4,7-9H,5-6H2,(H,18,19,21). The molecule has 0 spiro atoms. The number of halogens is 1. The third-order valence-corrected chi connectivity index (χ3v) is 4.02. The number of hydrogen-bond donors (Lipinski definition) is 1. The van der Waals surface area contributed by atoms with Gasteiger partial charge in [0.2, 0.25) is 5.91 Å². The van der Waals surface area contributed by atoms with Gasteiger partial charge in [-0.1, -0.05) is 29.8 Å². The van der Waals surface area contributed by atoms with Gasteiger partial charge < -0.3 is 5.32 Å². The Balaban J connectivity index is 1.62. The number of nitrogens with one attached hydrogen (secondary N) is 1. The van der Waals surface area contributed by atoms with E-state index < -0.39 is 0 Å². The minimum atomic E-state index is -0.115. The third-order valence-electron chi connectivity index (χ3n) is 2.93. The molecule has 22 heavy (non-hydrogen) atoms. The highest BCUT2D eigenvalue weighted by molar-refractivity contribution is 7.14. The Hall–Kier alpha value is -2.25. The Morgan fingerprint density at radius 1 is 1.36 bits per heavy atom. The highest BCUT2D eigenvalue weighted by atomic mass is 35.5. The summed E-state index contributed by atoms with van der Waals surface area (Å²) in [6.07, 6.45) is 3.32. The number of aromatic nitrogens is 4. The van der Waals surface area contributed by atoms with Crippen LogP contribution in [-0.4, -0.2) is 25.7 Å². The van der Waals surface area contributed by atoms with Crippen molar-refractivity contribution < 1.29 is 4.79 Å². The molecule has 0 bridgehead atoms. The molecule has 3 rings (SSSR count). The van der Waals surface area contributed by atoms with Crippen LogP contribution in [0.15, 0.2) is 42.3 Å². The predicted molar refractivity (Wildman–Crippen MR) is 85.8 cm³/mol. The smallest absolute Gasteiger partial charge is 0.228 e. The quantitative estimate of drug-likeness (QED) is 0.778. The first kappa shape index (κ1) is 14.7. The molecular formula is C14H12ClN5OS. The fourth-order valence-corrected chi connectivity index (χ4v) is 2.83. The molecule has 1 aromatic carbocycles. The lowest BCUT2D eigenvalue weighted by atomic mass is 10.2. The summed E-state index contributed by atoms with van der Waals surface area (Å²) in [7, 11) is 0. The van der Waals surface area contributed by atoms with E-state index in [0.717, 1.165) is 11.3 Å². The zero-order valence-electron chi connectivity index (χ0n) is 11.4. The first-order chi connectivity index (χ1) is 10.7. The summed E-state index contributed by atoms with van der Waals surface area (Å²) in [6.45, 7) is 0.481. The van der Waals surface area contributed by atoms with Gasteiger partial charge in [0.25, 0.3) is 0 Å². The van der Waals surface area contributed by atoms with E-state index in [1.807, 2.05) is 29.6 Å². The summed E-state index contributed by atoms with van der Waals surface area (Å²) in [4.78, 5) is 20.1. The molecule has 2 heterocycles. The lowest BCUT2D eigenvalue weighted by Crippen LogP contribution is -2.14. The van der Waals surface area contributed by atoms with Crippen LogP contribution in [0, 0.1) is 0 Å². The molecule has 0 aliphatic rings. The summed E-state index contributed by atoms with van der Waals surface area (Å²) < 4.78 is 1.61. The summed E-state index contributed by atoms with van der Waals surface area (Å²) in [6, 6.07) is 7.47. The van der Waals surface area contributed by atoms with E-state index in [4.69, 9.17) is 11.6 Å². The van der Waals surface area contributed by atoms with Crippen molar-refractivity contribution in [3.05, 3.63) is 47.3 Å². The molecule has 0 unspecified atom stereocenters. The van der Waals surface area contributed by atoms with Gasteiger partial charge in [0.05, 0.1) is 12.2 Å². The molecule has 0 atom stereocenters. The summed E-state index contributed by atoms with van der Waals surface area (Å²) in [5, 5.41) is 9.78. The summed E-state index contributed by atoms with van der Waals surface area (Å²) >= 11 is 7.51. The Labute approximate surface area is 135 Å². The minimum absolute atomic E-state index is 0.115. The SMILES string of the molecule is O=C(CCn1cncn1)Nc1nc(-c2ccccc2Cl)cs1. The lowest BCUT2D eigenvalue weighted by Gasteiger charge is -2.02. The number of benzene rings is 1. The molecule has 112 valence electrons. The van der Waals surface area contributed by atoms with Gasteiger partial charge in [-0.25, -0.2) is 9.97 Å². The molecule has 1 amide bonds. The van der Waals surface area contributed by atoms with Crippen LogP contribution in [0.2, 0.25) is 5.02 Å². The van der Waals surface area contributed by atoms with E-state index in [9.17, 15) is 4.79 Å². The van der Waals surface area contributed by atoms with Crippen molar-refractivity contribution in [1.29, 1.82) is 0 Å². The van der Waals surface area contributed by atoms with Crippen LogP contribution < -0.4 is 5.32 Å². The Morgan fingerprint density at radius 3 is 3.00 bits per heavy atom. The number of nitrogens with zero attached hydrogens (tertiary/aromatic N) is 4. The van der Waals surface area contributed by atoms with E-state index in [-0.39, 0.29) is 5.91 Å². The minimum Gasteiger partial charge on any atom is -0.302 e. The van der Waals surface area contributed by atoms with Crippen molar-refractivity contribution in [2.24, 2.45) is 0 Å². The molecule has 8 heteroatoms. The molecule has 3 aromatic rings. The first-order valence-electron chi connectivity index (χ1n) is 6.55. The molecule has 0 aliphatic carbocycles. The topological polar surface area (TPSA) is 72.7 Å². The largest absolute Gasteiger partial charge is 0.302 e. The van der Waals surface area contributed by atoms with Gasteiger partial charge >= 0.3 is 0 Å². The molecule has 0 radical (unpaired) electrons. The van der Waals surface area contributed by atoms with Gasteiger partial charge in [0.15, 0.2) is 5.13 Å². The number of carbonyl (C=O) groups excluding carboxylic acids is 1. The molecule has 1 N–H and O–H groups in total. The Morgan fingerprint density at radius 2 is 2.23 bits per heavy atom. The molecule has 6 nitrogen and oxygen atoms in total. The van der Waals surface area contributed by atoms with Crippen LogP contribution in [-0.2, 0) is 11.3 Å². The van der Waals surface area contributed by atoms with Crippen LogP contribution in [0.25, 0.3) is 11.3 Å². The number of amides is 1. The number of thiazole rings is 1. The third kappa shape index (κ3) is 3.49. The van der Waals surface area contributed by atoms with Gasteiger partial charge in [-0.05, 0) is 6.07 Å². The number of aryl methyl sites for hydroxylation is 1. The zero-order chi connectivity index (χ0) is 15.4. The van der Waals surface area contributed by atoms with Gasteiger partial charge in [-0.3, -0.25) is 9.48 Å². The lowest BCUT2D eigenvalue weighted by molar-refractivity contribution is -0.116.